The van der Waals surface area contributed by atoms with Gasteiger partial charge in [0, 0.05) is 50.7 Å². The quantitative estimate of drug-likeness (QED) is 0.705. The van der Waals surface area contributed by atoms with Crippen LogP contribution in [0.15, 0.2) is 29.2 Å². The van der Waals surface area contributed by atoms with E-state index in [1.54, 1.807) is 17.0 Å². The van der Waals surface area contributed by atoms with Crippen molar-refractivity contribution < 1.29 is 18.0 Å². The third-order valence-corrected chi connectivity index (χ3v) is 7.96. The Morgan fingerprint density at radius 2 is 1.52 bits per heavy atom. The average Bonchev–Trinajstić information content (AvgIpc) is 3.29. The van der Waals surface area contributed by atoms with Crippen molar-refractivity contribution in [2.24, 2.45) is 5.92 Å². The Morgan fingerprint density at radius 3 is 2.03 bits per heavy atom. The molecule has 2 aliphatic rings. The number of nitrogens with zero attached hydrogens (tertiary/aromatic N) is 3. The first-order chi connectivity index (χ1) is 13.9. The summed E-state index contributed by atoms with van der Waals surface area (Å²) < 4.78 is 27.4. The van der Waals surface area contributed by atoms with Crippen molar-refractivity contribution in [1.82, 2.24) is 14.1 Å². The van der Waals surface area contributed by atoms with Gasteiger partial charge in [0.15, 0.2) is 0 Å². The molecule has 8 heteroatoms. The molecule has 0 atom stereocenters. The summed E-state index contributed by atoms with van der Waals surface area (Å²) in [5.74, 6) is 0.200. The van der Waals surface area contributed by atoms with Crippen LogP contribution in [0.2, 0.25) is 0 Å². The maximum atomic E-state index is 13.0. The number of rotatable bonds is 6. The van der Waals surface area contributed by atoms with E-state index >= 15 is 0 Å². The van der Waals surface area contributed by atoms with Gasteiger partial charge >= 0.3 is 0 Å². The van der Waals surface area contributed by atoms with E-state index in [-0.39, 0.29) is 22.6 Å². The molecule has 2 amide bonds. The summed E-state index contributed by atoms with van der Waals surface area (Å²) in [5.41, 5.74) is 0.486. The van der Waals surface area contributed by atoms with Gasteiger partial charge in [0.2, 0.25) is 15.9 Å². The number of sulfonamides is 1. The van der Waals surface area contributed by atoms with Crippen molar-refractivity contribution in [1.29, 1.82) is 0 Å². The Bertz CT molecular complexity index is 820. The predicted molar refractivity (Wildman–Crippen MR) is 111 cm³/mol. The Kier molecular flexibility index (Phi) is 6.95. The topological polar surface area (TPSA) is 78.0 Å². The zero-order chi connectivity index (χ0) is 21.0. The fourth-order valence-electron chi connectivity index (χ4n) is 4.19. The molecule has 0 unspecified atom stereocenters. The standard InChI is InChI=1S/C21H31N3O4S/c1-3-22(4-2)20(25)18-9-11-19(12-10-18)29(27,28)24-15-13-23(14-16-24)21(26)17-7-5-6-8-17/h9-12,17H,3-8,13-16H2,1-2H3. The molecule has 1 aromatic rings. The van der Waals surface area contributed by atoms with Gasteiger partial charge in [-0.05, 0) is 51.0 Å². The second-order valence-electron chi connectivity index (χ2n) is 7.71. The molecule has 160 valence electrons. The van der Waals surface area contributed by atoms with Crippen LogP contribution in [0.1, 0.15) is 49.9 Å². The van der Waals surface area contributed by atoms with Crippen molar-refractivity contribution >= 4 is 21.8 Å². The largest absolute Gasteiger partial charge is 0.340 e. The molecule has 7 nitrogen and oxygen atoms in total. The molecule has 1 aromatic carbocycles. The first-order valence-corrected chi connectivity index (χ1v) is 12.0. The summed E-state index contributed by atoms with van der Waals surface area (Å²) >= 11 is 0. The third-order valence-electron chi connectivity index (χ3n) is 6.04. The minimum atomic E-state index is -3.63. The summed E-state index contributed by atoms with van der Waals surface area (Å²) in [6.45, 7) is 6.54. The van der Waals surface area contributed by atoms with Crippen molar-refractivity contribution in [3.8, 4) is 0 Å². The van der Waals surface area contributed by atoms with Crippen LogP contribution in [0.3, 0.4) is 0 Å². The van der Waals surface area contributed by atoms with Crippen LogP contribution in [-0.4, -0.2) is 73.6 Å². The Labute approximate surface area is 173 Å². The lowest BCUT2D eigenvalue weighted by Crippen LogP contribution is -2.51. The van der Waals surface area contributed by atoms with Gasteiger partial charge < -0.3 is 9.80 Å². The zero-order valence-electron chi connectivity index (χ0n) is 17.3. The van der Waals surface area contributed by atoms with Gasteiger partial charge in [-0.3, -0.25) is 9.59 Å². The summed E-state index contributed by atoms with van der Waals surface area (Å²) in [7, 11) is -3.63. The van der Waals surface area contributed by atoms with E-state index in [4.69, 9.17) is 0 Å². The van der Waals surface area contributed by atoms with Gasteiger partial charge in [0.25, 0.3) is 5.91 Å². The minimum Gasteiger partial charge on any atom is -0.340 e. The summed E-state index contributed by atoms with van der Waals surface area (Å²) in [5, 5.41) is 0. The Balaban J connectivity index is 1.64. The van der Waals surface area contributed by atoms with Crippen LogP contribution >= 0.6 is 0 Å². The van der Waals surface area contributed by atoms with Gasteiger partial charge in [0.05, 0.1) is 4.90 Å². The summed E-state index contributed by atoms with van der Waals surface area (Å²) in [4.78, 5) is 28.7. The van der Waals surface area contributed by atoms with Crippen LogP contribution in [0, 0.1) is 5.92 Å². The van der Waals surface area contributed by atoms with E-state index < -0.39 is 10.0 Å². The SMILES string of the molecule is CCN(CC)C(=O)c1ccc(S(=O)(=O)N2CCN(C(=O)C3CCCC3)CC2)cc1. The van der Waals surface area contributed by atoms with Gasteiger partial charge in [-0.25, -0.2) is 8.42 Å². The van der Waals surface area contributed by atoms with Crippen LogP contribution in [0.25, 0.3) is 0 Å². The first kappa shape index (κ1) is 21.8. The van der Waals surface area contributed by atoms with Crippen LogP contribution in [-0.2, 0) is 14.8 Å². The van der Waals surface area contributed by atoms with Gasteiger partial charge in [-0.15, -0.1) is 0 Å². The number of hydrogen-bond acceptors (Lipinski definition) is 4. The number of benzene rings is 1. The Hall–Kier alpha value is -1.93. The molecule has 1 saturated carbocycles. The molecule has 0 aromatic heterocycles. The highest BCUT2D eigenvalue weighted by atomic mass is 32.2. The molecule has 0 bridgehead atoms. The van der Waals surface area contributed by atoms with E-state index in [0.717, 1.165) is 25.7 Å². The van der Waals surface area contributed by atoms with Crippen molar-refractivity contribution in [3.05, 3.63) is 29.8 Å². The van der Waals surface area contributed by atoms with Crippen molar-refractivity contribution in [2.75, 3.05) is 39.3 Å². The Morgan fingerprint density at radius 1 is 0.966 bits per heavy atom. The highest BCUT2D eigenvalue weighted by Crippen LogP contribution is 2.27. The van der Waals surface area contributed by atoms with Gasteiger partial charge in [-0.2, -0.15) is 4.31 Å². The van der Waals surface area contributed by atoms with Crippen LogP contribution in [0.5, 0.6) is 0 Å². The van der Waals surface area contributed by atoms with E-state index in [2.05, 4.69) is 0 Å². The van der Waals surface area contributed by atoms with E-state index in [1.807, 2.05) is 18.7 Å². The highest BCUT2D eigenvalue weighted by molar-refractivity contribution is 7.89. The smallest absolute Gasteiger partial charge is 0.253 e. The highest BCUT2D eigenvalue weighted by Gasteiger charge is 2.33. The molecule has 0 N–H and O–H groups in total. The molecule has 1 aliphatic heterocycles. The molecule has 3 rings (SSSR count). The molecule has 2 fully saturated rings. The fourth-order valence-corrected chi connectivity index (χ4v) is 5.61. The molecule has 29 heavy (non-hydrogen) atoms. The number of carbonyl (C=O) groups is 2. The molecular weight excluding hydrogens is 390 g/mol. The van der Waals surface area contributed by atoms with Crippen LogP contribution < -0.4 is 0 Å². The van der Waals surface area contributed by atoms with Crippen molar-refractivity contribution in [2.45, 2.75) is 44.4 Å². The molecule has 1 heterocycles. The summed E-state index contributed by atoms with van der Waals surface area (Å²) in [6.07, 6.45) is 4.13. The molecule has 0 spiro atoms. The summed E-state index contributed by atoms with van der Waals surface area (Å²) in [6, 6.07) is 6.16. The predicted octanol–water partition coefficient (Wildman–Crippen LogP) is 2.19. The molecule has 1 aliphatic carbocycles. The lowest BCUT2D eigenvalue weighted by molar-refractivity contribution is -0.136. The maximum Gasteiger partial charge on any atom is 0.253 e. The lowest BCUT2D eigenvalue weighted by atomic mass is 10.1. The van der Waals surface area contributed by atoms with Gasteiger partial charge in [-0.1, -0.05) is 12.8 Å². The molecular formula is C21H31N3O4S. The van der Waals surface area contributed by atoms with Crippen molar-refractivity contribution in [3.63, 3.8) is 0 Å². The average molecular weight is 422 g/mol. The third kappa shape index (κ3) is 4.64. The van der Waals surface area contributed by atoms with E-state index in [1.165, 1.54) is 16.4 Å². The van der Waals surface area contributed by atoms with E-state index in [0.29, 0.717) is 44.8 Å². The normalized spacial score (nSPS) is 18.8. The minimum absolute atomic E-state index is 0.0991. The van der Waals surface area contributed by atoms with Gasteiger partial charge in [0.1, 0.15) is 0 Å². The zero-order valence-corrected chi connectivity index (χ0v) is 18.2. The fraction of sp³-hybridized carbons (Fsp3) is 0.619. The first-order valence-electron chi connectivity index (χ1n) is 10.6. The van der Waals surface area contributed by atoms with Crippen LogP contribution in [0.4, 0.5) is 0 Å². The number of hydrogen-bond donors (Lipinski definition) is 0. The second kappa shape index (κ2) is 9.26. The lowest BCUT2D eigenvalue weighted by Gasteiger charge is -2.35. The monoisotopic (exact) mass is 421 g/mol. The van der Waals surface area contributed by atoms with E-state index in [9.17, 15) is 18.0 Å². The number of carbonyl (C=O) groups excluding carboxylic acids is 2. The number of piperazine rings is 1. The second-order valence-corrected chi connectivity index (χ2v) is 9.65. The molecule has 0 radical (unpaired) electrons. The maximum absolute atomic E-state index is 13.0. The molecule has 1 saturated heterocycles. The number of amides is 2.